The van der Waals surface area contributed by atoms with E-state index in [0.717, 1.165) is 87.1 Å². The number of rotatable bonds is 14. The van der Waals surface area contributed by atoms with Crippen molar-refractivity contribution in [2.75, 3.05) is 13.7 Å². The van der Waals surface area contributed by atoms with E-state index in [1.807, 2.05) is 63.2 Å². The molecule has 0 aliphatic heterocycles. The molecule has 5 rings (SSSR count). The van der Waals surface area contributed by atoms with E-state index in [4.69, 9.17) is 9.57 Å². The van der Waals surface area contributed by atoms with Crippen LogP contribution in [0.3, 0.4) is 0 Å². The summed E-state index contributed by atoms with van der Waals surface area (Å²) in [4.78, 5) is 44.8. The zero-order chi connectivity index (χ0) is 34.5. The molecule has 7 nitrogen and oxygen atoms in total. The molecule has 0 saturated carbocycles. The van der Waals surface area contributed by atoms with E-state index in [1.54, 1.807) is 7.11 Å². The molecule has 1 atom stereocenters. The summed E-state index contributed by atoms with van der Waals surface area (Å²) in [5.74, 6) is -0.484. The molecule has 7 heteroatoms. The third-order valence-corrected chi connectivity index (χ3v) is 9.35. The lowest BCUT2D eigenvalue weighted by molar-refractivity contribution is -0.140. The fourth-order valence-corrected chi connectivity index (χ4v) is 7.02. The van der Waals surface area contributed by atoms with Gasteiger partial charge in [0, 0.05) is 65.4 Å². The second-order valence-corrected chi connectivity index (χ2v) is 12.9. The Kier molecular flexibility index (Phi) is 10.9. The molecular weight excluding hydrogens is 600 g/mol. The number of aryl methyl sites for hydroxylation is 3. The summed E-state index contributed by atoms with van der Waals surface area (Å²) in [7, 11) is 1.54. The van der Waals surface area contributed by atoms with Gasteiger partial charge >= 0.3 is 5.97 Å². The minimum atomic E-state index is -0.604. The van der Waals surface area contributed by atoms with Crippen molar-refractivity contribution in [1.82, 2.24) is 4.57 Å². The quantitative estimate of drug-likeness (QED) is 0.0519. The van der Waals surface area contributed by atoms with Crippen LogP contribution in [0.25, 0.3) is 32.6 Å². The summed E-state index contributed by atoms with van der Waals surface area (Å²) in [6.45, 7) is 12.8. The van der Waals surface area contributed by atoms with Gasteiger partial charge in [-0.2, -0.15) is 0 Å². The first-order valence-corrected chi connectivity index (χ1v) is 17.0. The lowest BCUT2D eigenvalue weighted by Crippen LogP contribution is -2.17. The van der Waals surface area contributed by atoms with Crippen LogP contribution in [0.15, 0.2) is 65.8 Å². The molecule has 0 radical (unpaired) electrons. The molecule has 48 heavy (non-hydrogen) atoms. The molecule has 5 aromatic rings. The SMILES string of the molecule is CCCCC(CC)Cn1c2ccc(C(=O)C(CCOC)=NOC(C)=O)cc2c2cc(C(=O)c3c(C)cc(C)cc3C)c3ccccc3c21. The summed E-state index contributed by atoms with van der Waals surface area (Å²) in [5.41, 5.74) is 6.98. The molecule has 0 fully saturated rings. The van der Waals surface area contributed by atoms with Gasteiger partial charge in [0.15, 0.2) is 5.78 Å². The normalized spacial score (nSPS) is 12.6. The zero-order valence-corrected chi connectivity index (χ0v) is 29.2. The van der Waals surface area contributed by atoms with Crippen molar-refractivity contribution < 1.29 is 24.0 Å². The monoisotopic (exact) mass is 646 g/mol. The second-order valence-electron chi connectivity index (χ2n) is 12.9. The average molecular weight is 647 g/mol. The Balaban J connectivity index is 1.80. The lowest BCUT2D eigenvalue weighted by Gasteiger charge is -2.19. The van der Waals surface area contributed by atoms with E-state index in [-0.39, 0.29) is 30.3 Å². The van der Waals surface area contributed by atoms with Gasteiger partial charge < -0.3 is 14.1 Å². The van der Waals surface area contributed by atoms with Crippen LogP contribution in [0.1, 0.15) is 95.8 Å². The van der Waals surface area contributed by atoms with Crippen molar-refractivity contribution in [2.24, 2.45) is 11.1 Å². The molecule has 4 aromatic carbocycles. The number of unbranched alkanes of at least 4 members (excludes halogenated alkanes) is 1. The number of carbonyl (C=O) groups is 3. The van der Waals surface area contributed by atoms with Gasteiger partial charge in [-0.3, -0.25) is 9.59 Å². The third-order valence-electron chi connectivity index (χ3n) is 9.35. The topological polar surface area (TPSA) is 87.0 Å². The molecular formula is C41H46N2O5. The summed E-state index contributed by atoms with van der Waals surface area (Å²) in [6.07, 6.45) is 4.67. The van der Waals surface area contributed by atoms with Crippen LogP contribution in [-0.4, -0.2) is 41.5 Å². The first kappa shape index (κ1) is 34.7. The minimum Gasteiger partial charge on any atom is -0.384 e. The molecule has 0 spiro atoms. The Morgan fingerprint density at radius 1 is 0.875 bits per heavy atom. The number of nitrogens with zero attached hydrogens (tertiary/aromatic N) is 2. The number of methoxy groups -OCH3 is 1. The van der Waals surface area contributed by atoms with Gasteiger partial charge in [-0.05, 0) is 73.9 Å². The summed E-state index contributed by atoms with van der Waals surface area (Å²) < 4.78 is 7.59. The summed E-state index contributed by atoms with van der Waals surface area (Å²) in [6, 6.07) is 20.0. The van der Waals surface area contributed by atoms with Crippen LogP contribution in [0, 0.1) is 26.7 Å². The van der Waals surface area contributed by atoms with Gasteiger partial charge in [-0.25, -0.2) is 4.79 Å². The van der Waals surface area contributed by atoms with Gasteiger partial charge in [0.05, 0.1) is 12.1 Å². The maximum absolute atomic E-state index is 14.5. The number of carbonyl (C=O) groups excluding carboxylic acids is 3. The van der Waals surface area contributed by atoms with Gasteiger partial charge in [-0.1, -0.05) is 80.2 Å². The van der Waals surface area contributed by atoms with Crippen molar-refractivity contribution in [2.45, 2.75) is 80.2 Å². The fourth-order valence-electron chi connectivity index (χ4n) is 7.02. The number of oxime groups is 1. The maximum Gasteiger partial charge on any atom is 0.331 e. The summed E-state index contributed by atoms with van der Waals surface area (Å²) in [5, 5.41) is 7.61. The van der Waals surface area contributed by atoms with Crippen molar-refractivity contribution in [1.29, 1.82) is 0 Å². The van der Waals surface area contributed by atoms with E-state index in [1.165, 1.54) is 6.92 Å². The van der Waals surface area contributed by atoms with E-state index in [0.29, 0.717) is 17.0 Å². The maximum atomic E-state index is 14.5. The molecule has 1 heterocycles. The summed E-state index contributed by atoms with van der Waals surface area (Å²) >= 11 is 0. The van der Waals surface area contributed by atoms with E-state index < -0.39 is 5.97 Å². The van der Waals surface area contributed by atoms with Crippen LogP contribution in [0.2, 0.25) is 0 Å². The van der Waals surface area contributed by atoms with Crippen molar-refractivity contribution in [3.63, 3.8) is 0 Å². The van der Waals surface area contributed by atoms with Gasteiger partial charge in [-0.15, -0.1) is 0 Å². The fraction of sp³-hybridized carbons (Fsp3) is 0.366. The number of ketones is 2. The predicted octanol–water partition coefficient (Wildman–Crippen LogP) is 9.46. The molecule has 0 N–H and O–H groups in total. The van der Waals surface area contributed by atoms with E-state index in [9.17, 15) is 14.4 Å². The van der Waals surface area contributed by atoms with Crippen LogP contribution in [-0.2, 0) is 20.9 Å². The highest BCUT2D eigenvalue weighted by molar-refractivity contribution is 6.46. The van der Waals surface area contributed by atoms with Crippen LogP contribution in [0.5, 0.6) is 0 Å². The Hall–Kier alpha value is -4.62. The first-order valence-electron chi connectivity index (χ1n) is 17.0. The largest absolute Gasteiger partial charge is 0.384 e. The first-order chi connectivity index (χ1) is 23.1. The Bertz CT molecular complexity index is 2030. The number of hydrogen-bond acceptors (Lipinski definition) is 6. The number of hydrogen-bond donors (Lipinski definition) is 0. The molecule has 0 amide bonds. The van der Waals surface area contributed by atoms with Gasteiger partial charge in [0.1, 0.15) is 5.71 Å². The highest BCUT2D eigenvalue weighted by Crippen LogP contribution is 2.39. The Morgan fingerprint density at radius 3 is 2.23 bits per heavy atom. The van der Waals surface area contributed by atoms with E-state index >= 15 is 0 Å². The standard InChI is InChI=1S/C41H46N2O5/c1-8-10-13-29(9-2)24-43-37-17-16-30(40(45)36(18-19-47-7)42-48-28(6)44)22-33(37)34-23-35(31-14-11-12-15-32(31)39(34)43)41(46)38-26(4)20-25(3)21-27(38)5/h11-12,14-17,20-23,29H,8-10,13,18-19,24H2,1-7H3. The number of fused-ring (bicyclic) bond motifs is 5. The second kappa shape index (κ2) is 15.1. The van der Waals surface area contributed by atoms with Crippen molar-refractivity contribution >= 4 is 55.8 Å². The van der Waals surface area contributed by atoms with Crippen molar-refractivity contribution in [3.8, 4) is 0 Å². The molecule has 0 bridgehead atoms. The minimum absolute atomic E-state index is 0.0130. The molecule has 1 aromatic heterocycles. The zero-order valence-electron chi connectivity index (χ0n) is 29.2. The smallest absolute Gasteiger partial charge is 0.331 e. The Labute approximate surface area is 282 Å². The molecule has 250 valence electrons. The molecule has 0 saturated heterocycles. The van der Waals surface area contributed by atoms with Crippen LogP contribution < -0.4 is 0 Å². The van der Waals surface area contributed by atoms with Crippen LogP contribution in [0.4, 0.5) is 0 Å². The predicted molar refractivity (Wildman–Crippen MR) is 194 cm³/mol. The number of aromatic nitrogens is 1. The number of benzene rings is 4. The number of Topliss-reactive ketones (excluding diaryl/α,β-unsaturated/α-hetero) is 1. The average Bonchev–Trinajstić information content (AvgIpc) is 3.37. The van der Waals surface area contributed by atoms with Crippen molar-refractivity contribution in [3.05, 3.63) is 94.0 Å². The van der Waals surface area contributed by atoms with E-state index in [2.05, 4.69) is 41.8 Å². The lowest BCUT2D eigenvalue weighted by atomic mass is 9.89. The van der Waals surface area contributed by atoms with Gasteiger partial charge in [0.2, 0.25) is 5.78 Å². The highest BCUT2D eigenvalue weighted by atomic mass is 16.7. The highest BCUT2D eigenvalue weighted by Gasteiger charge is 2.24. The van der Waals surface area contributed by atoms with Gasteiger partial charge in [0.25, 0.3) is 0 Å². The van der Waals surface area contributed by atoms with Crippen LogP contribution >= 0.6 is 0 Å². The molecule has 1 unspecified atom stereocenters. The Morgan fingerprint density at radius 2 is 1.58 bits per heavy atom. The third kappa shape index (κ3) is 6.97. The number of ether oxygens (including phenoxy) is 1. The molecule has 0 aliphatic carbocycles. The molecule has 0 aliphatic rings.